The Kier molecular flexibility index (Phi) is 7.11. The first-order chi connectivity index (χ1) is 9.58. The summed E-state index contributed by atoms with van der Waals surface area (Å²) in [5.41, 5.74) is 2.98. The van der Waals surface area contributed by atoms with Gasteiger partial charge in [0.25, 0.3) is 0 Å². The third-order valence-electron chi connectivity index (χ3n) is 3.32. The van der Waals surface area contributed by atoms with Crippen LogP contribution in [0.2, 0.25) is 0 Å². The smallest absolute Gasteiger partial charge is 0.101 e. The Morgan fingerprint density at radius 3 is 2.70 bits per heavy atom. The van der Waals surface area contributed by atoms with Crippen molar-refractivity contribution in [2.45, 2.75) is 40.2 Å². The molecule has 0 aliphatic rings. The fraction of sp³-hybridized carbons (Fsp3) is 0.588. The molecule has 0 heterocycles. The van der Waals surface area contributed by atoms with Gasteiger partial charge < -0.3 is 10.2 Å². The highest BCUT2D eigenvalue weighted by Gasteiger charge is 2.08. The molecule has 1 rings (SSSR count). The van der Waals surface area contributed by atoms with Crippen LogP contribution in [-0.2, 0) is 6.54 Å². The summed E-state index contributed by atoms with van der Waals surface area (Å²) in [4.78, 5) is 2.17. The number of nitrogens with one attached hydrogen (secondary N) is 1. The minimum atomic E-state index is 0.643. The maximum Gasteiger partial charge on any atom is 0.101 e. The molecule has 0 spiro atoms. The van der Waals surface area contributed by atoms with E-state index >= 15 is 0 Å². The number of hydrogen-bond donors (Lipinski definition) is 1. The van der Waals surface area contributed by atoms with Crippen LogP contribution < -0.4 is 10.2 Å². The van der Waals surface area contributed by atoms with Gasteiger partial charge in [-0.2, -0.15) is 5.26 Å². The van der Waals surface area contributed by atoms with Crippen molar-refractivity contribution in [1.29, 1.82) is 5.26 Å². The lowest BCUT2D eigenvalue weighted by molar-refractivity contribution is 0.552. The van der Waals surface area contributed by atoms with Crippen molar-refractivity contribution in [3.05, 3.63) is 29.3 Å². The summed E-state index contributed by atoms with van der Waals surface area (Å²) < 4.78 is 0. The van der Waals surface area contributed by atoms with Gasteiger partial charge in [0.1, 0.15) is 6.07 Å². The Morgan fingerprint density at radius 1 is 1.35 bits per heavy atom. The van der Waals surface area contributed by atoms with E-state index in [1.54, 1.807) is 0 Å². The summed E-state index contributed by atoms with van der Waals surface area (Å²) in [7, 11) is 2.06. The van der Waals surface area contributed by atoms with Gasteiger partial charge in [0.2, 0.25) is 0 Å². The van der Waals surface area contributed by atoms with E-state index in [4.69, 9.17) is 0 Å². The lowest BCUT2D eigenvalue weighted by atomic mass is 10.1. The number of hydrogen-bond acceptors (Lipinski definition) is 3. The van der Waals surface area contributed by atoms with E-state index < -0.39 is 0 Å². The van der Waals surface area contributed by atoms with Gasteiger partial charge >= 0.3 is 0 Å². The third-order valence-corrected chi connectivity index (χ3v) is 3.32. The van der Waals surface area contributed by atoms with Gasteiger partial charge in [0.05, 0.1) is 11.3 Å². The van der Waals surface area contributed by atoms with Crippen LogP contribution in [0.25, 0.3) is 0 Å². The first kappa shape index (κ1) is 16.5. The Morgan fingerprint density at radius 2 is 2.10 bits per heavy atom. The van der Waals surface area contributed by atoms with Gasteiger partial charge in [-0.05, 0) is 36.6 Å². The summed E-state index contributed by atoms with van der Waals surface area (Å²) in [6.45, 7) is 9.39. The lowest BCUT2D eigenvalue weighted by Gasteiger charge is -2.20. The van der Waals surface area contributed by atoms with Crippen LogP contribution in [0.3, 0.4) is 0 Å². The highest BCUT2D eigenvalue weighted by atomic mass is 15.1. The van der Waals surface area contributed by atoms with Crippen molar-refractivity contribution in [1.82, 2.24) is 5.32 Å². The number of nitrogens with zero attached hydrogens (tertiary/aromatic N) is 2. The normalized spacial score (nSPS) is 10.6. The van der Waals surface area contributed by atoms with Crippen LogP contribution in [0.4, 0.5) is 5.69 Å². The van der Waals surface area contributed by atoms with E-state index in [0.29, 0.717) is 5.92 Å². The highest BCUT2D eigenvalue weighted by Crippen LogP contribution is 2.21. The van der Waals surface area contributed by atoms with E-state index in [0.717, 1.165) is 37.3 Å². The minimum absolute atomic E-state index is 0.643. The first-order valence-electron chi connectivity index (χ1n) is 7.53. The van der Waals surface area contributed by atoms with Crippen LogP contribution in [0, 0.1) is 17.2 Å². The Labute approximate surface area is 123 Å². The second-order valence-corrected chi connectivity index (χ2v) is 5.76. The summed E-state index contributed by atoms with van der Waals surface area (Å²) >= 11 is 0. The van der Waals surface area contributed by atoms with Crippen LogP contribution in [0.15, 0.2) is 18.2 Å². The van der Waals surface area contributed by atoms with E-state index in [9.17, 15) is 5.26 Å². The molecular formula is C17H27N3. The van der Waals surface area contributed by atoms with E-state index in [2.05, 4.69) is 56.2 Å². The number of anilines is 1. The zero-order valence-corrected chi connectivity index (χ0v) is 13.2. The average Bonchev–Trinajstić information content (AvgIpc) is 2.44. The Hall–Kier alpha value is -1.53. The molecule has 1 aromatic rings. The molecule has 0 aliphatic carbocycles. The van der Waals surface area contributed by atoms with Gasteiger partial charge in [-0.3, -0.25) is 0 Å². The van der Waals surface area contributed by atoms with Crippen molar-refractivity contribution < 1.29 is 0 Å². The van der Waals surface area contributed by atoms with E-state index in [1.807, 2.05) is 6.07 Å². The summed E-state index contributed by atoms with van der Waals surface area (Å²) in [6, 6.07) is 8.52. The summed E-state index contributed by atoms with van der Waals surface area (Å²) in [5.74, 6) is 0.643. The van der Waals surface area contributed by atoms with Crippen LogP contribution >= 0.6 is 0 Å². The van der Waals surface area contributed by atoms with Gasteiger partial charge in [-0.1, -0.05) is 33.3 Å². The molecule has 3 nitrogen and oxygen atoms in total. The fourth-order valence-corrected chi connectivity index (χ4v) is 2.14. The predicted molar refractivity (Wildman–Crippen MR) is 85.9 cm³/mol. The molecular weight excluding hydrogens is 246 g/mol. The number of benzene rings is 1. The molecule has 0 saturated heterocycles. The molecule has 0 saturated carbocycles. The van der Waals surface area contributed by atoms with Crippen molar-refractivity contribution >= 4 is 5.69 Å². The molecule has 20 heavy (non-hydrogen) atoms. The molecule has 0 aromatic heterocycles. The topological polar surface area (TPSA) is 39.1 Å². The van der Waals surface area contributed by atoms with Crippen molar-refractivity contribution in [2.75, 3.05) is 25.0 Å². The number of unbranched alkanes of at least 4 members (excludes halogenated alkanes) is 1. The molecule has 110 valence electrons. The van der Waals surface area contributed by atoms with Crippen molar-refractivity contribution in [3.8, 4) is 6.07 Å². The molecule has 3 heteroatoms. The van der Waals surface area contributed by atoms with E-state index in [-0.39, 0.29) is 0 Å². The monoisotopic (exact) mass is 273 g/mol. The molecule has 0 radical (unpaired) electrons. The van der Waals surface area contributed by atoms with Gasteiger partial charge in [0.15, 0.2) is 0 Å². The quantitative estimate of drug-likeness (QED) is 0.787. The summed E-state index contributed by atoms with van der Waals surface area (Å²) in [5, 5.41) is 12.7. The second-order valence-electron chi connectivity index (χ2n) is 5.76. The highest BCUT2D eigenvalue weighted by molar-refractivity contribution is 5.60. The fourth-order valence-electron chi connectivity index (χ4n) is 2.14. The van der Waals surface area contributed by atoms with Crippen LogP contribution in [0.1, 0.15) is 44.7 Å². The maximum atomic E-state index is 9.33. The summed E-state index contributed by atoms with van der Waals surface area (Å²) in [6.07, 6.45) is 2.32. The standard InChI is InChI=1S/C17H27N3/c1-5-6-9-20(4)17-8-7-15(10-16(17)11-18)13-19-12-14(2)3/h7-8,10,14,19H,5-6,9,12-13H2,1-4H3. The number of nitriles is 1. The zero-order valence-electron chi connectivity index (χ0n) is 13.2. The van der Waals surface area contributed by atoms with Crippen molar-refractivity contribution in [2.24, 2.45) is 5.92 Å². The molecule has 0 atom stereocenters. The van der Waals surface area contributed by atoms with Gasteiger partial charge in [-0.25, -0.2) is 0 Å². The maximum absolute atomic E-state index is 9.33. The molecule has 0 unspecified atom stereocenters. The SMILES string of the molecule is CCCCN(C)c1ccc(CNCC(C)C)cc1C#N. The second kappa shape index (κ2) is 8.60. The largest absolute Gasteiger partial charge is 0.374 e. The molecule has 0 bridgehead atoms. The molecule has 0 aliphatic heterocycles. The van der Waals surface area contributed by atoms with Gasteiger partial charge in [-0.15, -0.1) is 0 Å². The minimum Gasteiger partial charge on any atom is -0.374 e. The molecule has 1 aromatic carbocycles. The molecule has 0 fully saturated rings. The molecule has 1 N–H and O–H groups in total. The number of rotatable bonds is 8. The van der Waals surface area contributed by atoms with Crippen LogP contribution in [0.5, 0.6) is 0 Å². The Bertz CT molecular complexity index is 446. The van der Waals surface area contributed by atoms with E-state index in [1.165, 1.54) is 12.0 Å². The first-order valence-corrected chi connectivity index (χ1v) is 7.53. The Balaban J connectivity index is 2.72. The predicted octanol–water partition coefficient (Wildman–Crippen LogP) is 3.54. The van der Waals surface area contributed by atoms with Gasteiger partial charge in [0, 0.05) is 20.1 Å². The van der Waals surface area contributed by atoms with Crippen molar-refractivity contribution in [3.63, 3.8) is 0 Å². The zero-order chi connectivity index (χ0) is 15.0. The average molecular weight is 273 g/mol. The lowest BCUT2D eigenvalue weighted by Crippen LogP contribution is -2.21. The molecule has 0 amide bonds. The third kappa shape index (κ3) is 5.22. The van der Waals surface area contributed by atoms with Crippen LogP contribution in [-0.4, -0.2) is 20.1 Å².